The molecular formula is C25H36N2OS. The molecule has 2 aromatic rings. The van der Waals surface area contributed by atoms with Crippen LogP contribution in [0.4, 0.5) is 0 Å². The van der Waals surface area contributed by atoms with Crippen LogP contribution in [0.15, 0.2) is 59.5 Å². The van der Waals surface area contributed by atoms with Crippen molar-refractivity contribution in [1.29, 1.82) is 0 Å². The van der Waals surface area contributed by atoms with Gasteiger partial charge >= 0.3 is 0 Å². The molecule has 2 fully saturated rings. The van der Waals surface area contributed by atoms with Crippen LogP contribution in [-0.4, -0.2) is 46.1 Å². The van der Waals surface area contributed by atoms with Crippen LogP contribution in [0.5, 0.6) is 0 Å². The smallest absolute Gasteiger partial charge is 0.127 e. The number of likely N-dealkylation sites (tertiary alicyclic amines) is 1. The van der Waals surface area contributed by atoms with Crippen molar-refractivity contribution in [1.82, 2.24) is 9.21 Å². The minimum Gasteiger partial charge on any atom is -0.303 e. The zero-order chi connectivity index (χ0) is 20.5. The Bertz CT molecular complexity index is 750. The van der Waals surface area contributed by atoms with Crippen LogP contribution in [0.25, 0.3) is 11.1 Å². The summed E-state index contributed by atoms with van der Waals surface area (Å²) in [6, 6.07) is 18.5. The van der Waals surface area contributed by atoms with E-state index in [0.717, 1.165) is 29.5 Å². The number of piperidine rings is 2. The third kappa shape index (κ3) is 6.24. The molecule has 0 spiro atoms. The summed E-state index contributed by atoms with van der Waals surface area (Å²) < 4.78 is 15.3. The molecule has 0 aromatic heterocycles. The Morgan fingerprint density at radius 1 is 0.828 bits per heavy atom. The summed E-state index contributed by atoms with van der Waals surface area (Å²) in [5, 5.41) is 0. The Balaban J connectivity index is 0.00000117. The van der Waals surface area contributed by atoms with Crippen LogP contribution in [-0.2, 0) is 11.0 Å². The highest BCUT2D eigenvalue weighted by Crippen LogP contribution is 2.26. The molecule has 3 nitrogen and oxygen atoms in total. The fraction of sp³-hybridized carbons (Fsp3) is 0.520. The number of rotatable bonds is 5. The number of nitrogens with zero attached hydrogens (tertiary/aromatic N) is 2. The molecular weight excluding hydrogens is 376 g/mol. The molecule has 1 atom stereocenters. The Morgan fingerprint density at radius 3 is 2.17 bits per heavy atom. The standard InChI is InChI=1S/C23H30N2OS.C2H6/c26-27(23-11-7-10-22(18-23)21-8-3-1-4-9-21)25-16-12-20(13-17-25)19-24-14-5-2-6-15-24;1-2/h1,3-4,7-11,18,20H,2,5-6,12-17,19H2;1-2H3. The molecule has 1 unspecified atom stereocenters. The minimum atomic E-state index is -1.06. The fourth-order valence-corrected chi connectivity index (χ4v) is 5.59. The van der Waals surface area contributed by atoms with Gasteiger partial charge in [0.1, 0.15) is 11.0 Å². The van der Waals surface area contributed by atoms with E-state index in [1.165, 1.54) is 57.3 Å². The quantitative estimate of drug-likeness (QED) is 0.638. The minimum absolute atomic E-state index is 0.770. The van der Waals surface area contributed by atoms with Gasteiger partial charge in [-0.05, 0) is 68.0 Å². The summed E-state index contributed by atoms with van der Waals surface area (Å²) >= 11 is 0. The van der Waals surface area contributed by atoms with Crippen molar-refractivity contribution < 1.29 is 4.21 Å². The SMILES string of the molecule is CC.O=S(c1cccc(-c2ccccc2)c1)N1CCC(CN2CCCCC2)CC1. The lowest BCUT2D eigenvalue weighted by atomic mass is 9.96. The monoisotopic (exact) mass is 412 g/mol. The maximum atomic E-state index is 13.1. The van der Waals surface area contributed by atoms with Crippen LogP contribution in [0.2, 0.25) is 0 Å². The largest absolute Gasteiger partial charge is 0.303 e. The zero-order valence-electron chi connectivity index (χ0n) is 18.1. The molecule has 2 aromatic carbocycles. The van der Waals surface area contributed by atoms with Gasteiger partial charge in [0, 0.05) is 19.6 Å². The highest BCUT2D eigenvalue weighted by molar-refractivity contribution is 7.82. The molecule has 2 saturated heterocycles. The molecule has 0 radical (unpaired) electrons. The van der Waals surface area contributed by atoms with E-state index in [1.54, 1.807) is 0 Å². The van der Waals surface area contributed by atoms with Gasteiger partial charge in [0.05, 0.1) is 4.90 Å². The predicted molar refractivity (Wildman–Crippen MR) is 124 cm³/mol. The molecule has 0 saturated carbocycles. The molecule has 0 bridgehead atoms. The Kier molecular flexibility index (Phi) is 8.91. The second-order valence-electron chi connectivity index (χ2n) is 7.88. The van der Waals surface area contributed by atoms with Gasteiger partial charge < -0.3 is 4.90 Å². The molecule has 29 heavy (non-hydrogen) atoms. The van der Waals surface area contributed by atoms with E-state index in [0.29, 0.717) is 0 Å². The molecule has 2 aliphatic rings. The van der Waals surface area contributed by atoms with E-state index < -0.39 is 11.0 Å². The van der Waals surface area contributed by atoms with Gasteiger partial charge in [-0.3, -0.25) is 0 Å². The van der Waals surface area contributed by atoms with Crippen molar-refractivity contribution in [3.8, 4) is 11.1 Å². The van der Waals surface area contributed by atoms with Crippen molar-refractivity contribution in [3.63, 3.8) is 0 Å². The third-order valence-corrected chi connectivity index (χ3v) is 7.41. The van der Waals surface area contributed by atoms with Gasteiger partial charge in [-0.25, -0.2) is 8.51 Å². The Labute approximate surface area is 179 Å². The Morgan fingerprint density at radius 2 is 1.48 bits per heavy atom. The molecule has 0 aliphatic carbocycles. The fourth-order valence-electron chi connectivity index (χ4n) is 4.33. The van der Waals surface area contributed by atoms with Crippen molar-refractivity contribution >= 4 is 11.0 Å². The lowest BCUT2D eigenvalue weighted by Gasteiger charge is -2.35. The van der Waals surface area contributed by atoms with Crippen molar-refractivity contribution in [2.75, 3.05) is 32.7 Å². The van der Waals surface area contributed by atoms with Crippen LogP contribution in [0, 0.1) is 5.92 Å². The molecule has 2 heterocycles. The lowest BCUT2D eigenvalue weighted by Crippen LogP contribution is -2.40. The van der Waals surface area contributed by atoms with Gasteiger partial charge in [-0.15, -0.1) is 0 Å². The summed E-state index contributed by atoms with van der Waals surface area (Å²) in [6.45, 7) is 9.68. The first-order chi connectivity index (χ1) is 14.3. The van der Waals surface area contributed by atoms with Crippen molar-refractivity contribution in [2.24, 2.45) is 5.92 Å². The number of hydrogen-bond donors (Lipinski definition) is 0. The van der Waals surface area contributed by atoms with Crippen LogP contribution in [0.3, 0.4) is 0 Å². The van der Waals surface area contributed by atoms with E-state index in [2.05, 4.69) is 33.5 Å². The maximum Gasteiger partial charge on any atom is 0.127 e. The molecule has 2 aliphatic heterocycles. The summed E-state index contributed by atoms with van der Waals surface area (Å²) in [4.78, 5) is 3.57. The van der Waals surface area contributed by atoms with Crippen LogP contribution >= 0.6 is 0 Å². The summed E-state index contributed by atoms with van der Waals surface area (Å²) in [5.41, 5.74) is 2.32. The van der Waals surface area contributed by atoms with E-state index in [-0.39, 0.29) is 0 Å². The van der Waals surface area contributed by atoms with E-state index in [4.69, 9.17) is 0 Å². The first-order valence-electron chi connectivity index (χ1n) is 11.3. The van der Waals surface area contributed by atoms with E-state index in [1.807, 2.05) is 44.2 Å². The lowest BCUT2D eigenvalue weighted by molar-refractivity contribution is 0.163. The third-order valence-electron chi connectivity index (χ3n) is 5.92. The van der Waals surface area contributed by atoms with Crippen molar-refractivity contribution in [2.45, 2.75) is 50.8 Å². The summed E-state index contributed by atoms with van der Waals surface area (Å²) in [7, 11) is -1.06. The molecule has 4 heteroatoms. The van der Waals surface area contributed by atoms with Crippen LogP contribution < -0.4 is 0 Å². The first-order valence-corrected chi connectivity index (χ1v) is 12.4. The molecule has 0 N–H and O–H groups in total. The molecule has 158 valence electrons. The van der Waals surface area contributed by atoms with Gasteiger partial charge in [0.15, 0.2) is 0 Å². The van der Waals surface area contributed by atoms with Crippen LogP contribution in [0.1, 0.15) is 46.0 Å². The maximum absolute atomic E-state index is 13.1. The number of benzene rings is 2. The Hall–Kier alpha value is -1.49. The average molecular weight is 413 g/mol. The highest BCUT2D eigenvalue weighted by Gasteiger charge is 2.25. The van der Waals surface area contributed by atoms with Gasteiger partial charge in [0.25, 0.3) is 0 Å². The molecule has 0 amide bonds. The molecule has 4 rings (SSSR count). The van der Waals surface area contributed by atoms with E-state index >= 15 is 0 Å². The second-order valence-corrected chi connectivity index (χ2v) is 9.36. The van der Waals surface area contributed by atoms with Gasteiger partial charge in [0.2, 0.25) is 0 Å². The normalized spacial score (nSPS) is 19.9. The van der Waals surface area contributed by atoms with Gasteiger partial charge in [-0.2, -0.15) is 0 Å². The first kappa shape index (κ1) is 22.2. The second kappa shape index (κ2) is 11.6. The zero-order valence-corrected chi connectivity index (χ0v) is 18.9. The van der Waals surface area contributed by atoms with Gasteiger partial charge in [-0.1, -0.05) is 62.7 Å². The van der Waals surface area contributed by atoms with Crippen molar-refractivity contribution in [3.05, 3.63) is 54.6 Å². The topological polar surface area (TPSA) is 23.6 Å². The highest BCUT2D eigenvalue weighted by atomic mass is 32.2. The predicted octanol–water partition coefficient (Wildman–Crippen LogP) is 5.60. The summed E-state index contributed by atoms with van der Waals surface area (Å²) in [5.74, 6) is 0.770. The van der Waals surface area contributed by atoms with E-state index in [9.17, 15) is 4.21 Å². The average Bonchev–Trinajstić information content (AvgIpc) is 2.82. The number of hydrogen-bond acceptors (Lipinski definition) is 2. The summed E-state index contributed by atoms with van der Waals surface area (Å²) in [6.07, 6.45) is 6.46.